The molecule has 120 valence electrons. The molecular weight excluding hydrogens is 244 g/mol. The molecule has 0 aliphatic heterocycles. The number of hydrogen-bond acceptors (Lipinski definition) is 2. The van der Waals surface area contributed by atoms with Crippen molar-refractivity contribution in [2.24, 2.45) is 0 Å². The first-order valence-corrected chi connectivity index (χ1v) is 9.02. The molecule has 0 aromatic rings. The zero-order chi connectivity index (χ0) is 14.8. The van der Waals surface area contributed by atoms with Gasteiger partial charge < -0.3 is 10.2 Å². The fourth-order valence-corrected chi connectivity index (χ4v) is 4.08. The molecule has 1 rings (SSSR count). The van der Waals surface area contributed by atoms with Gasteiger partial charge in [-0.15, -0.1) is 0 Å². The van der Waals surface area contributed by atoms with Crippen molar-refractivity contribution >= 4 is 0 Å². The van der Waals surface area contributed by atoms with Gasteiger partial charge in [-0.2, -0.15) is 0 Å². The molecule has 2 heteroatoms. The van der Waals surface area contributed by atoms with Crippen LogP contribution in [-0.2, 0) is 0 Å². The van der Waals surface area contributed by atoms with E-state index in [4.69, 9.17) is 0 Å². The summed E-state index contributed by atoms with van der Waals surface area (Å²) in [5, 5.41) is 3.65. The van der Waals surface area contributed by atoms with Gasteiger partial charge in [0.05, 0.1) is 0 Å². The highest BCUT2D eigenvalue weighted by molar-refractivity contribution is 4.99. The van der Waals surface area contributed by atoms with E-state index in [0.29, 0.717) is 11.6 Å². The highest BCUT2D eigenvalue weighted by Crippen LogP contribution is 2.36. The molecule has 0 amide bonds. The fourth-order valence-electron chi connectivity index (χ4n) is 4.08. The Morgan fingerprint density at radius 3 is 2.10 bits per heavy atom. The van der Waals surface area contributed by atoms with Gasteiger partial charge in [0.2, 0.25) is 0 Å². The van der Waals surface area contributed by atoms with E-state index in [1.165, 1.54) is 77.0 Å². The van der Waals surface area contributed by atoms with Gasteiger partial charge in [0.15, 0.2) is 0 Å². The maximum absolute atomic E-state index is 3.65. The molecule has 20 heavy (non-hydrogen) atoms. The molecule has 0 radical (unpaired) electrons. The summed E-state index contributed by atoms with van der Waals surface area (Å²) < 4.78 is 0. The van der Waals surface area contributed by atoms with Crippen LogP contribution in [0.3, 0.4) is 0 Å². The van der Waals surface area contributed by atoms with Crippen LogP contribution in [0, 0.1) is 0 Å². The zero-order valence-electron chi connectivity index (χ0n) is 14.5. The lowest BCUT2D eigenvalue weighted by Gasteiger charge is -2.48. The second-order valence-electron chi connectivity index (χ2n) is 6.96. The van der Waals surface area contributed by atoms with Crippen molar-refractivity contribution in [2.45, 2.75) is 95.6 Å². The minimum atomic E-state index is 0.413. The summed E-state index contributed by atoms with van der Waals surface area (Å²) in [7, 11) is 6.75. The minimum Gasteiger partial charge on any atom is -0.315 e. The Hall–Kier alpha value is -0.0800. The highest BCUT2D eigenvalue weighted by Gasteiger charge is 2.40. The van der Waals surface area contributed by atoms with Crippen molar-refractivity contribution < 1.29 is 0 Å². The van der Waals surface area contributed by atoms with Crippen LogP contribution in [0.5, 0.6) is 0 Å². The van der Waals surface area contributed by atoms with E-state index < -0.39 is 0 Å². The largest absolute Gasteiger partial charge is 0.315 e. The van der Waals surface area contributed by atoms with Crippen LogP contribution in [0.15, 0.2) is 0 Å². The quantitative estimate of drug-likeness (QED) is 0.590. The van der Waals surface area contributed by atoms with Crippen molar-refractivity contribution in [1.82, 2.24) is 10.2 Å². The van der Waals surface area contributed by atoms with Gasteiger partial charge in [-0.05, 0) is 40.4 Å². The Bertz CT molecular complexity index is 232. The summed E-state index contributed by atoms with van der Waals surface area (Å²) in [6.07, 6.45) is 16.8. The number of hydrogen-bond donors (Lipinski definition) is 1. The van der Waals surface area contributed by atoms with E-state index in [9.17, 15) is 0 Å². The summed E-state index contributed by atoms with van der Waals surface area (Å²) in [6, 6.07) is 0.670. The zero-order valence-corrected chi connectivity index (χ0v) is 14.5. The molecule has 1 atom stereocenters. The molecule has 0 heterocycles. The van der Waals surface area contributed by atoms with Crippen LogP contribution >= 0.6 is 0 Å². The summed E-state index contributed by atoms with van der Waals surface area (Å²) in [6.45, 7) is 2.29. The fraction of sp³-hybridized carbons (Fsp3) is 1.00. The third kappa shape index (κ3) is 5.04. The van der Waals surface area contributed by atoms with Gasteiger partial charge in [0, 0.05) is 11.6 Å². The molecule has 0 bridgehead atoms. The molecule has 0 aromatic carbocycles. The maximum atomic E-state index is 3.65. The third-order valence-corrected chi connectivity index (χ3v) is 5.45. The van der Waals surface area contributed by atoms with Gasteiger partial charge >= 0.3 is 0 Å². The topological polar surface area (TPSA) is 15.3 Å². The van der Waals surface area contributed by atoms with Crippen LogP contribution in [0.2, 0.25) is 0 Å². The molecule has 2 nitrogen and oxygen atoms in total. The summed E-state index contributed by atoms with van der Waals surface area (Å²) >= 11 is 0. The van der Waals surface area contributed by atoms with E-state index in [1.54, 1.807) is 0 Å². The predicted molar refractivity (Wildman–Crippen MR) is 90.3 cm³/mol. The Morgan fingerprint density at radius 1 is 0.950 bits per heavy atom. The number of rotatable bonds is 10. The maximum Gasteiger partial charge on any atom is 0.0356 e. The van der Waals surface area contributed by atoms with Crippen molar-refractivity contribution in [3.8, 4) is 0 Å². The molecular formula is C18H38N2. The van der Waals surface area contributed by atoms with Crippen molar-refractivity contribution in [3.63, 3.8) is 0 Å². The lowest BCUT2D eigenvalue weighted by atomic mass is 9.73. The highest BCUT2D eigenvalue weighted by atomic mass is 15.2. The van der Waals surface area contributed by atoms with Crippen molar-refractivity contribution in [2.75, 3.05) is 21.1 Å². The predicted octanol–water partition coefficient (Wildman–Crippen LogP) is 4.59. The van der Waals surface area contributed by atoms with Gasteiger partial charge in [0.25, 0.3) is 0 Å². The van der Waals surface area contributed by atoms with E-state index in [-0.39, 0.29) is 0 Å². The molecule has 1 saturated carbocycles. The van der Waals surface area contributed by atoms with Gasteiger partial charge in [-0.3, -0.25) is 0 Å². The van der Waals surface area contributed by atoms with E-state index >= 15 is 0 Å². The Kier molecular flexibility index (Phi) is 8.79. The van der Waals surface area contributed by atoms with E-state index in [2.05, 4.69) is 38.3 Å². The molecule has 1 aliphatic carbocycles. The Morgan fingerprint density at radius 2 is 1.55 bits per heavy atom. The average Bonchev–Trinajstić information content (AvgIpc) is 2.47. The average molecular weight is 283 g/mol. The summed E-state index contributed by atoms with van der Waals surface area (Å²) in [4.78, 5) is 2.52. The number of likely N-dealkylation sites (N-methyl/N-ethyl adjacent to an activating group) is 2. The smallest absolute Gasteiger partial charge is 0.0356 e. The first-order chi connectivity index (χ1) is 9.67. The van der Waals surface area contributed by atoms with Crippen LogP contribution in [0.4, 0.5) is 0 Å². The minimum absolute atomic E-state index is 0.413. The van der Waals surface area contributed by atoms with Gasteiger partial charge in [-0.1, -0.05) is 64.7 Å². The second kappa shape index (κ2) is 9.78. The lowest BCUT2D eigenvalue weighted by molar-refractivity contribution is 0.0554. The number of nitrogens with zero attached hydrogens (tertiary/aromatic N) is 1. The third-order valence-electron chi connectivity index (χ3n) is 5.45. The van der Waals surface area contributed by atoms with Crippen LogP contribution in [0.1, 0.15) is 84.0 Å². The van der Waals surface area contributed by atoms with Crippen LogP contribution in [-0.4, -0.2) is 37.6 Å². The summed E-state index contributed by atoms with van der Waals surface area (Å²) in [5.41, 5.74) is 0.413. The molecule has 1 fully saturated rings. The van der Waals surface area contributed by atoms with Crippen LogP contribution in [0.25, 0.3) is 0 Å². The molecule has 0 spiro atoms. The first kappa shape index (κ1) is 18.0. The Labute approximate surface area is 127 Å². The van der Waals surface area contributed by atoms with Gasteiger partial charge in [-0.25, -0.2) is 0 Å². The summed E-state index contributed by atoms with van der Waals surface area (Å²) in [5.74, 6) is 0. The van der Waals surface area contributed by atoms with Crippen molar-refractivity contribution in [1.29, 1.82) is 0 Å². The molecule has 0 saturated heterocycles. The standard InChI is InChI=1S/C18H38N2/c1-5-6-7-8-9-11-14-17(19-2)18(20(3)4)15-12-10-13-16-18/h17,19H,5-16H2,1-4H3. The lowest BCUT2D eigenvalue weighted by Crippen LogP contribution is -2.59. The van der Waals surface area contributed by atoms with Crippen LogP contribution < -0.4 is 5.32 Å². The number of unbranched alkanes of at least 4 members (excludes halogenated alkanes) is 5. The van der Waals surface area contributed by atoms with Crippen molar-refractivity contribution in [3.05, 3.63) is 0 Å². The van der Waals surface area contributed by atoms with E-state index in [1.807, 2.05) is 0 Å². The van der Waals surface area contributed by atoms with Gasteiger partial charge in [0.1, 0.15) is 0 Å². The second-order valence-corrected chi connectivity index (χ2v) is 6.96. The monoisotopic (exact) mass is 282 g/mol. The molecule has 0 aromatic heterocycles. The van der Waals surface area contributed by atoms with E-state index in [0.717, 1.165) is 0 Å². The molecule has 1 aliphatic rings. The molecule has 1 N–H and O–H groups in total. The number of nitrogens with one attached hydrogen (secondary N) is 1. The normalized spacial score (nSPS) is 20.2. The SMILES string of the molecule is CCCCCCCCC(NC)C1(N(C)C)CCCCC1. The molecule has 1 unspecified atom stereocenters. The Balaban J connectivity index is 2.41. The first-order valence-electron chi connectivity index (χ1n) is 9.02.